The largest absolute Gasteiger partial charge is 0.480 e. The molecule has 7 amide bonds. The Kier molecular flexibility index (Phi) is 55.5. The topological polar surface area (TPSA) is 385 Å². The van der Waals surface area contributed by atoms with E-state index < -0.39 is 103 Å². The Bertz CT molecular complexity index is 1790. The summed E-state index contributed by atoms with van der Waals surface area (Å²) in [5, 5.41) is 53.7. The fraction of sp³-hybridized carbons (Fsp3) is 0.877. The molecule has 0 aromatic rings. The van der Waals surface area contributed by atoms with Crippen LogP contribution in [0.3, 0.4) is 0 Å². The van der Waals surface area contributed by atoms with Gasteiger partial charge in [0.2, 0.25) is 41.4 Å². The molecule has 0 saturated carbocycles. The number of hydrogen-bond donors (Lipinski definition) is 13. The number of nitrogens with one attached hydrogen (secondary N) is 5. The van der Waals surface area contributed by atoms with Crippen LogP contribution in [0, 0.1) is 0 Å². The van der Waals surface area contributed by atoms with E-state index in [0.717, 1.165) is 80.9 Å². The van der Waals surface area contributed by atoms with Crippen molar-refractivity contribution in [1.29, 1.82) is 0 Å². The van der Waals surface area contributed by atoms with E-state index in [4.69, 9.17) is 22.9 Å². The molecule has 0 heterocycles. The van der Waals surface area contributed by atoms with Gasteiger partial charge in [0.15, 0.2) is 0 Å². The molecule has 514 valence electrons. The van der Waals surface area contributed by atoms with Gasteiger partial charge in [-0.3, -0.25) is 38.5 Å². The summed E-state index contributed by atoms with van der Waals surface area (Å²) in [5.41, 5.74) is 22.9. The molecule has 0 radical (unpaired) electrons. The van der Waals surface area contributed by atoms with Gasteiger partial charge in [0, 0.05) is 24.3 Å². The minimum absolute atomic E-state index is 0.00644. The van der Waals surface area contributed by atoms with Crippen molar-refractivity contribution < 1.29 is 58.8 Å². The summed E-state index contributed by atoms with van der Waals surface area (Å²) in [5.74, 6) is -6.75. The van der Waals surface area contributed by atoms with E-state index in [1.165, 1.54) is 89.9 Å². The van der Waals surface area contributed by atoms with Gasteiger partial charge in [-0.2, -0.15) is 11.8 Å². The fourth-order valence-electron chi connectivity index (χ4n) is 10.5. The predicted octanol–water partition coefficient (Wildman–Crippen LogP) is 6.78. The molecule has 22 nitrogen and oxygen atoms in total. The SMILES string of the molecule is CCCCCCCCCCCCCCCC(=O)N(C(=O)CCCCCCCCCCCCCCC)[C@@H](CSCC(O)CO)C(=O)N[C@@H](CO)C(=O)N[C@@H](CCCCN)C(=O)N[C@@H](CCCCN)C(=O)N[C@@H](CCCCN)C(=O)N[C@@H](CCCCN)C(=O)O. The van der Waals surface area contributed by atoms with Gasteiger partial charge < -0.3 is 69.9 Å². The molecule has 1 unspecified atom stereocenters. The summed E-state index contributed by atoms with van der Waals surface area (Å²) in [6.07, 6.45) is 31.2. The normalized spacial score (nSPS) is 13.8. The van der Waals surface area contributed by atoms with Crippen LogP contribution < -0.4 is 49.5 Å². The first kappa shape index (κ1) is 84.0. The van der Waals surface area contributed by atoms with E-state index >= 15 is 0 Å². The third kappa shape index (κ3) is 42.9. The van der Waals surface area contributed by atoms with E-state index in [0.29, 0.717) is 77.3 Å². The lowest BCUT2D eigenvalue weighted by Crippen LogP contribution is -2.61. The predicted molar refractivity (Wildman–Crippen MR) is 353 cm³/mol. The smallest absolute Gasteiger partial charge is 0.326 e. The van der Waals surface area contributed by atoms with Crippen LogP contribution in [-0.4, -0.2) is 166 Å². The number of imide groups is 1. The van der Waals surface area contributed by atoms with Crippen LogP contribution in [0.4, 0.5) is 0 Å². The quantitative estimate of drug-likeness (QED) is 0.0279. The molecule has 0 rings (SSSR count). The van der Waals surface area contributed by atoms with Crippen LogP contribution in [0.1, 0.15) is 271 Å². The summed E-state index contributed by atoms with van der Waals surface area (Å²) in [6, 6.07) is -8.20. The number of unbranched alkanes of at least 4 members (excludes halogenated alkanes) is 28. The molecule has 0 aromatic carbocycles. The third-order valence-corrected chi connectivity index (χ3v) is 17.2. The minimum Gasteiger partial charge on any atom is -0.480 e. The van der Waals surface area contributed by atoms with Crippen LogP contribution >= 0.6 is 11.8 Å². The van der Waals surface area contributed by atoms with Gasteiger partial charge in [-0.05, 0) is 116 Å². The highest BCUT2D eigenvalue weighted by molar-refractivity contribution is 7.99. The lowest BCUT2D eigenvalue weighted by Gasteiger charge is -2.31. The molecule has 0 aliphatic heterocycles. The standard InChI is InChI=1S/C65H126N10O12S/c1-3-5-7-9-11-13-15-17-19-21-23-25-27-41-58(79)75(59(80)42-28-26-24-22-20-18-16-14-12-10-8-6-4-2)57(50-88-49-51(78)47-76)64(85)74-56(48-77)63(84)72-53(38-30-34-44-67)61(82)70-52(37-29-33-43-66)60(81)71-54(39-31-35-45-68)62(83)73-55(65(86)87)40-32-36-46-69/h51-57,76-78H,3-50,66-69H2,1-2H3,(H,70,82)(H,71,81)(H,72,84)(H,73,83)(H,74,85)(H,86,87)/t51?,52-,53-,54-,55-,56-,57-/m0/s1. The average Bonchev–Trinajstić information content (AvgIpc) is 3.24. The van der Waals surface area contributed by atoms with Crippen molar-refractivity contribution in [2.24, 2.45) is 22.9 Å². The van der Waals surface area contributed by atoms with E-state index in [1.807, 2.05) is 0 Å². The molecule has 0 spiro atoms. The van der Waals surface area contributed by atoms with Gasteiger partial charge in [-0.15, -0.1) is 0 Å². The van der Waals surface area contributed by atoms with Gasteiger partial charge >= 0.3 is 5.97 Å². The highest BCUT2D eigenvalue weighted by Crippen LogP contribution is 2.20. The number of aliphatic hydroxyl groups excluding tert-OH is 3. The Balaban J connectivity index is 6.68. The molecule has 0 aliphatic rings. The molecule has 7 atom stereocenters. The number of carboxylic acid groups (broad SMARTS) is 1. The van der Waals surface area contributed by atoms with Crippen molar-refractivity contribution in [3.05, 3.63) is 0 Å². The first-order chi connectivity index (χ1) is 42.6. The fourth-order valence-corrected chi connectivity index (χ4v) is 11.6. The molecule has 0 bridgehead atoms. The third-order valence-electron chi connectivity index (χ3n) is 16.1. The number of thioether (sulfide) groups is 1. The van der Waals surface area contributed by atoms with E-state index in [-0.39, 0.29) is 63.1 Å². The number of aliphatic hydroxyl groups is 3. The molecule has 0 fully saturated rings. The van der Waals surface area contributed by atoms with Crippen LogP contribution in [0.2, 0.25) is 0 Å². The lowest BCUT2D eigenvalue weighted by molar-refractivity contribution is -0.152. The zero-order chi connectivity index (χ0) is 65.4. The van der Waals surface area contributed by atoms with Crippen molar-refractivity contribution in [3.8, 4) is 0 Å². The Morgan fingerprint density at radius 2 is 0.648 bits per heavy atom. The first-order valence-corrected chi connectivity index (χ1v) is 35.6. The number of nitrogens with two attached hydrogens (primary N) is 4. The number of carboxylic acids is 1. The molecular weight excluding hydrogens is 1140 g/mol. The molecule has 88 heavy (non-hydrogen) atoms. The Hall–Kier alpha value is -3.97. The number of rotatable bonds is 62. The first-order valence-electron chi connectivity index (χ1n) is 34.5. The van der Waals surface area contributed by atoms with Crippen LogP contribution in [0.15, 0.2) is 0 Å². The number of carbonyl (C=O) groups excluding carboxylic acids is 7. The van der Waals surface area contributed by atoms with Crippen molar-refractivity contribution in [2.45, 2.75) is 313 Å². The van der Waals surface area contributed by atoms with Gasteiger partial charge in [-0.25, -0.2) is 4.79 Å². The minimum atomic E-state index is -1.69. The summed E-state index contributed by atoms with van der Waals surface area (Å²) < 4.78 is 0. The van der Waals surface area contributed by atoms with Crippen LogP contribution in [0.5, 0.6) is 0 Å². The number of hydrogen-bond acceptors (Lipinski definition) is 16. The van der Waals surface area contributed by atoms with Gasteiger partial charge in [-0.1, -0.05) is 168 Å². The Morgan fingerprint density at radius 3 is 0.943 bits per heavy atom. The van der Waals surface area contributed by atoms with Crippen LogP contribution in [0.25, 0.3) is 0 Å². The molecule has 0 saturated heterocycles. The highest BCUT2D eigenvalue weighted by atomic mass is 32.2. The maximum absolute atomic E-state index is 14.6. The number of aliphatic carboxylic acids is 1. The van der Waals surface area contributed by atoms with Crippen molar-refractivity contribution in [1.82, 2.24) is 31.5 Å². The molecule has 0 aromatic heterocycles. The van der Waals surface area contributed by atoms with Gasteiger partial charge in [0.05, 0.1) is 19.3 Å². The maximum atomic E-state index is 14.6. The molecule has 23 heteroatoms. The van der Waals surface area contributed by atoms with Gasteiger partial charge in [0.25, 0.3) is 0 Å². The zero-order valence-corrected chi connectivity index (χ0v) is 55.5. The molecular formula is C65H126N10O12S. The van der Waals surface area contributed by atoms with Crippen LogP contribution in [-0.2, 0) is 38.4 Å². The Labute approximate surface area is 534 Å². The summed E-state index contributed by atoms with van der Waals surface area (Å²) >= 11 is 1.04. The zero-order valence-electron chi connectivity index (χ0n) is 54.7. The second-order valence-electron chi connectivity index (χ2n) is 24.0. The summed E-state index contributed by atoms with van der Waals surface area (Å²) in [7, 11) is 0. The summed E-state index contributed by atoms with van der Waals surface area (Å²) in [6.45, 7) is 4.11. The second-order valence-corrected chi connectivity index (χ2v) is 25.1. The monoisotopic (exact) mass is 1270 g/mol. The molecule has 17 N–H and O–H groups in total. The average molecular weight is 1270 g/mol. The van der Waals surface area contributed by atoms with E-state index in [9.17, 15) is 58.8 Å². The van der Waals surface area contributed by atoms with E-state index in [1.54, 1.807) is 0 Å². The second kappa shape index (κ2) is 58.1. The van der Waals surface area contributed by atoms with E-state index in [2.05, 4.69) is 40.4 Å². The van der Waals surface area contributed by atoms with Crippen molar-refractivity contribution in [3.63, 3.8) is 0 Å². The lowest BCUT2D eigenvalue weighted by atomic mass is 10.0. The highest BCUT2D eigenvalue weighted by Gasteiger charge is 2.37. The Morgan fingerprint density at radius 1 is 0.364 bits per heavy atom. The van der Waals surface area contributed by atoms with Crippen molar-refractivity contribution in [2.75, 3.05) is 50.9 Å². The number of carbonyl (C=O) groups is 8. The molecule has 0 aliphatic carbocycles. The number of nitrogens with zero attached hydrogens (tertiary/aromatic N) is 1. The van der Waals surface area contributed by atoms with Crippen molar-refractivity contribution >= 4 is 59.1 Å². The summed E-state index contributed by atoms with van der Waals surface area (Å²) in [4.78, 5) is 113. The maximum Gasteiger partial charge on any atom is 0.326 e. The van der Waals surface area contributed by atoms with Gasteiger partial charge in [0.1, 0.15) is 36.3 Å². The number of amides is 7.